The summed E-state index contributed by atoms with van der Waals surface area (Å²) in [6.07, 6.45) is 3.98. The molecule has 17 heavy (non-hydrogen) atoms. The quantitative estimate of drug-likeness (QED) is 0.565. The van der Waals surface area contributed by atoms with Crippen LogP contribution in [0.1, 0.15) is 18.4 Å². The lowest BCUT2D eigenvalue weighted by Crippen LogP contribution is -2.15. The van der Waals surface area contributed by atoms with Crippen molar-refractivity contribution in [2.75, 3.05) is 19.7 Å². The first-order chi connectivity index (χ1) is 8.24. The van der Waals surface area contributed by atoms with Crippen molar-refractivity contribution in [1.29, 1.82) is 0 Å². The Balaban J connectivity index is 2.17. The fourth-order valence-electron chi connectivity index (χ4n) is 1.46. The Hall–Kier alpha value is -0.990. The Kier molecular flexibility index (Phi) is 6.75. The largest absolute Gasteiger partial charge is 0.492 e. The molecule has 3 heteroatoms. The van der Waals surface area contributed by atoms with Crippen LogP contribution in [0.25, 0.3) is 0 Å². The molecular formula is C14H20ClNO. The third-order valence-corrected chi connectivity index (χ3v) is 2.69. The van der Waals surface area contributed by atoms with Crippen molar-refractivity contribution in [1.82, 2.24) is 5.32 Å². The standard InChI is InChI=1S/C14H20ClNO/c1-3-8-16-9-4-5-10-17-14-11-12(2)6-7-13(14)15/h3,6-7,11,16H,1,4-5,8-10H2,2H3. The molecule has 0 saturated heterocycles. The van der Waals surface area contributed by atoms with E-state index < -0.39 is 0 Å². The Morgan fingerprint density at radius 3 is 3.00 bits per heavy atom. The van der Waals surface area contributed by atoms with E-state index in [2.05, 4.69) is 11.9 Å². The van der Waals surface area contributed by atoms with Gasteiger partial charge in [-0.3, -0.25) is 0 Å². The molecule has 0 fully saturated rings. The van der Waals surface area contributed by atoms with Crippen LogP contribution < -0.4 is 10.1 Å². The average molecular weight is 254 g/mol. The van der Waals surface area contributed by atoms with E-state index in [1.807, 2.05) is 31.2 Å². The van der Waals surface area contributed by atoms with Gasteiger partial charge in [-0.15, -0.1) is 6.58 Å². The molecule has 1 rings (SSSR count). The number of halogens is 1. The van der Waals surface area contributed by atoms with Gasteiger partial charge in [-0.05, 0) is 44.0 Å². The summed E-state index contributed by atoms with van der Waals surface area (Å²) in [5.41, 5.74) is 1.16. The minimum absolute atomic E-state index is 0.681. The minimum Gasteiger partial charge on any atom is -0.492 e. The van der Waals surface area contributed by atoms with Crippen molar-refractivity contribution in [3.05, 3.63) is 41.4 Å². The van der Waals surface area contributed by atoms with Gasteiger partial charge in [-0.2, -0.15) is 0 Å². The highest BCUT2D eigenvalue weighted by Gasteiger charge is 2.00. The molecule has 0 aliphatic carbocycles. The summed E-state index contributed by atoms with van der Waals surface area (Å²) >= 11 is 6.03. The van der Waals surface area contributed by atoms with Crippen LogP contribution in [0.15, 0.2) is 30.9 Å². The zero-order valence-electron chi connectivity index (χ0n) is 10.3. The summed E-state index contributed by atoms with van der Waals surface area (Å²) in [5, 5.41) is 3.94. The number of aryl methyl sites for hydroxylation is 1. The van der Waals surface area contributed by atoms with Crippen molar-refractivity contribution in [3.63, 3.8) is 0 Å². The highest BCUT2D eigenvalue weighted by molar-refractivity contribution is 6.32. The number of unbranched alkanes of at least 4 members (excludes halogenated alkanes) is 1. The fraction of sp³-hybridized carbons (Fsp3) is 0.429. The van der Waals surface area contributed by atoms with Crippen LogP contribution in [0, 0.1) is 6.92 Å². The smallest absolute Gasteiger partial charge is 0.138 e. The molecule has 0 aliphatic heterocycles. The zero-order chi connectivity index (χ0) is 12.5. The second-order valence-corrected chi connectivity index (χ2v) is 4.39. The maximum Gasteiger partial charge on any atom is 0.138 e. The highest BCUT2D eigenvalue weighted by atomic mass is 35.5. The molecule has 1 N–H and O–H groups in total. The number of hydrogen-bond acceptors (Lipinski definition) is 2. The first kappa shape index (κ1) is 14.1. The lowest BCUT2D eigenvalue weighted by Gasteiger charge is -2.08. The number of benzene rings is 1. The molecule has 0 aromatic heterocycles. The van der Waals surface area contributed by atoms with Crippen LogP contribution in [0.5, 0.6) is 5.75 Å². The third-order valence-electron chi connectivity index (χ3n) is 2.38. The average Bonchev–Trinajstić information content (AvgIpc) is 2.32. The molecule has 1 aromatic rings. The van der Waals surface area contributed by atoms with Gasteiger partial charge in [0.1, 0.15) is 5.75 Å². The van der Waals surface area contributed by atoms with Gasteiger partial charge < -0.3 is 10.1 Å². The van der Waals surface area contributed by atoms with Gasteiger partial charge in [0.15, 0.2) is 0 Å². The van der Waals surface area contributed by atoms with Crippen LogP contribution in [-0.2, 0) is 0 Å². The van der Waals surface area contributed by atoms with Crippen LogP contribution in [0.4, 0.5) is 0 Å². The molecule has 94 valence electrons. The first-order valence-corrected chi connectivity index (χ1v) is 6.32. The first-order valence-electron chi connectivity index (χ1n) is 5.94. The fourth-order valence-corrected chi connectivity index (χ4v) is 1.63. The summed E-state index contributed by atoms with van der Waals surface area (Å²) in [6, 6.07) is 5.82. The highest BCUT2D eigenvalue weighted by Crippen LogP contribution is 2.25. The molecule has 0 bridgehead atoms. The van der Waals surface area contributed by atoms with E-state index in [0.29, 0.717) is 11.6 Å². The van der Waals surface area contributed by atoms with E-state index in [9.17, 15) is 0 Å². The van der Waals surface area contributed by atoms with Crippen LogP contribution in [-0.4, -0.2) is 19.7 Å². The van der Waals surface area contributed by atoms with Crippen LogP contribution in [0.3, 0.4) is 0 Å². The molecule has 1 aromatic carbocycles. The summed E-state index contributed by atoms with van der Waals surface area (Å²) < 4.78 is 5.64. The van der Waals surface area contributed by atoms with E-state index in [-0.39, 0.29) is 0 Å². The van der Waals surface area contributed by atoms with E-state index in [1.165, 1.54) is 0 Å². The van der Waals surface area contributed by atoms with E-state index in [4.69, 9.17) is 16.3 Å². The van der Waals surface area contributed by atoms with Crippen molar-refractivity contribution >= 4 is 11.6 Å². The molecule has 0 saturated carbocycles. The van der Waals surface area contributed by atoms with Gasteiger partial charge in [0.25, 0.3) is 0 Å². The predicted octanol–water partition coefficient (Wildman–Crippen LogP) is 3.58. The van der Waals surface area contributed by atoms with Gasteiger partial charge in [-0.25, -0.2) is 0 Å². The van der Waals surface area contributed by atoms with Crippen molar-refractivity contribution in [2.45, 2.75) is 19.8 Å². The molecule has 0 atom stereocenters. The maximum atomic E-state index is 6.03. The Morgan fingerprint density at radius 1 is 1.41 bits per heavy atom. The van der Waals surface area contributed by atoms with Crippen molar-refractivity contribution in [2.24, 2.45) is 0 Å². The molecule has 0 aliphatic rings. The lowest BCUT2D eigenvalue weighted by atomic mass is 10.2. The Labute approximate surface area is 109 Å². The Bertz CT molecular complexity index is 352. The molecule has 0 radical (unpaired) electrons. The second-order valence-electron chi connectivity index (χ2n) is 3.98. The van der Waals surface area contributed by atoms with Gasteiger partial charge in [0, 0.05) is 6.54 Å². The molecule has 0 heterocycles. The summed E-state index contributed by atoms with van der Waals surface area (Å²) in [7, 11) is 0. The minimum atomic E-state index is 0.681. The number of ether oxygens (including phenoxy) is 1. The molecule has 0 spiro atoms. The van der Waals surface area contributed by atoms with Gasteiger partial charge in [-0.1, -0.05) is 23.7 Å². The van der Waals surface area contributed by atoms with E-state index >= 15 is 0 Å². The lowest BCUT2D eigenvalue weighted by molar-refractivity contribution is 0.306. The van der Waals surface area contributed by atoms with Crippen molar-refractivity contribution in [3.8, 4) is 5.75 Å². The van der Waals surface area contributed by atoms with Crippen LogP contribution in [0.2, 0.25) is 5.02 Å². The normalized spacial score (nSPS) is 10.2. The van der Waals surface area contributed by atoms with Gasteiger partial charge in [0.2, 0.25) is 0 Å². The van der Waals surface area contributed by atoms with Gasteiger partial charge >= 0.3 is 0 Å². The second kappa shape index (κ2) is 8.15. The molecule has 0 unspecified atom stereocenters. The molecule has 2 nitrogen and oxygen atoms in total. The predicted molar refractivity (Wildman–Crippen MR) is 74.0 cm³/mol. The third kappa shape index (κ3) is 5.76. The maximum absolute atomic E-state index is 6.03. The zero-order valence-corrected chi connectivity index (χ0v) is 11.1. The summed E-state index contributed by atoms with van der Waals surface area (Å²) in [6.45, 7) is 8.25. The van der Waals surface area contributed by atoms with Crippen LogP contribution >= 0.6 is 11.6 Å². The number of rotatable bonds is 8. The van der Waals surface area contributed by atoms with Gasteiger partial charge in [0.05, 0.1) is 11.6 Å². The summed E-state index contributed by atoms with van der Waals surface area (Å²) in [4.78, 5) is 0. The monoisotopic (exact) mass is 253 g/mol. The molecular weight excluding hydrogens is 234 g/mol. The molecule has 0 amide bonds. The SMILES string of the molecule is C=CCNCCCCOc1cc(C)ccc1Cl. The number of nitrogens with one attached hydrogen (secondary N) is 1. The topological polar surface area (TPSA) is 21.3 Å². The Morgan fingerprint density at radius 2 is 2.24 bits per heavy atom. The number of hydrogen-bond donors (Lipinski definition) is 1. The van der Waals surface area contributed by atoms with E-state index in [1.54, 1.807) is 0 Å². The summed E-state index contributed by atoms with van der Waals surface area (Å²) in [5.74, 6) is 0.783. The van der Waals surface area contributed by atoms with Crippen molar-refractivity contribution < 1.29 is 4.74 Å². The van der Waals surface area contributed by atoms with E-state index in [0.717, 1.165) is 37.2 Å².